The van der Waals surface area contributed by atoms with Gasteiger partial charge in [0.25, 0.3) is 0 Å². The zero-order valence-electron chi connectivity index (χ0n) is 12.2. The van der Waals surface area contributed by atoms with E-state index in [4.69, 9.17) is 26.2 Å². The molecule has 0 aliphatic carbocycles. The van der Waals surface area contributed by atoms with Gasteiger partial charge in [0.2, 0.25) is 0 Å². The molecule has 2 rings (SSSR count). The number of aliphatic carboxylic acids is 1. The largest absolute Gasteiger partial charge is 0.490 e. The van der Waals surface area contributed by atoms with Gasteiger partial charge in [-0.3, -0.25) is 4.79 Å². The van der Waals surface area contributed by atoms with Crippen LogP contribution in [0.2, 0.25) is 5.02 Å². The van der Waals surface area contributed by atoms with E-state index in [0.29, 0.717) is 17.4 Å². The van der Waals surface area contributed by atoms with Crippen molar-refractivity contribution in [1.82, 2.24) is 0 Å². The summed E-state index contributed by atoms with van der Waals surface area (Å²) in [7, 11) is 0. The molecule has 0 saturated heterocycles. The standard InChI is InChI=1S/C17H17ClO4/c1-12(22-16-8-4-14(18)5-9-16)11-21-15-6-2-13(3-7-15)10-17(19)20/h2-9,12H,10-11H2,1H3,(H,19,20). The Kier molecular flexibility index (Phi) is 5.67. The summed E-state index contributed by atoms with van der Waals surface area (Å²) in [6.07, 6.45) is -0.115. The highest BCUT2D eigenvalue weighted by atomic mass is 35.5. The zero-order chi connectivity index (χ0) is 15.9. The Bertz CT molecular complexity index is 608. The Morgan fingerprint density at radius 2 is 1.68 bits per heavy atom. The van der Waals surface area contributed by atoms with Gasteiger partial charge in [-0.2, -0.15) is 0 Å². The molecule has 0 saturated carbocycles. The lowest BCUT2D eigenvalue weighted by Gasteiger charge is -2.15. The van der Waals surface area contributed by atoms with Crippen molar-refractivity contribution in [2.75, 3.05) is 6.61 Å². The normalized spacial score (nSPS) is 11.7. The minimum atomic E-state index is -0.848. The summed E-state index contributed by atoms with van der Waals surface area (Å²) in [4.78, 5) is 10.6. The van der Waals surface area contributed by atoms with Gasteiger partial charge < -0.3 is 14.6 Å². The van der Waals surface area contributed by atoms with Crippen molar-refractivity contribution in [1.29, 1.82) is 0 Å². The van der Waals surface area contributed by atoms with Crippen LogP contribution in [0.4, 0.5) is 0 Å². The van der Waals surface area contributed by atoms with Gasteiger partial charge in [-0.15, -0.1) is 0 Å². The molecule has 1 N–H and O–H groups in total. The van der Waals surface area contributed by atoms with Crippen molar-refractivity contribution in [2.45, 2.75) is 19.4 Å². The zero-order valence-corrected chi connectivity index (χ0v) is 12.9. The van der Waals surface area contributed by atoms with Crippen LogP contribution in [0, 0.1) is 0 Å². The topological polar surface area (TPSA) is 55.8 Å². The molecule has 1 unspecified atom stereocenters. The third-order valence-electron chi connectivity index (χ3n) is 2.91. The molecular weight excluding hydrogens is 304 g/mol. The molecule has 2 aromatic rings. The van der Waals surface area contributed by atoms with E-state index in [1.807, 2.05) is 6.92 Å². The van der Waals surface area contributed by atoms with E-state index in [0.717, 1.165) is 11.3 Å². The number of carbonyl (C=O) groups is 1. The first kappa shape index (κ1) is 16.2. The monoisotopic (exact) mass is 320 g/mol. The van der Waals surface area contributed by atoms with Crippen LogP contribution < -0.4 is 9.47 Å². The number of carboxylic acids is 1. The summed E-state index contributed by atoms with van der Waals surface area (Å²) >= 11 is 5.82. The third-order valence-corrected chi connectivity index (χ3v) is 3.17. The maximum atomic E-state index is 10.6. The Labute approximate surface area is 134 Å². The highest BCUT2D eigenvalue weighted by Crippen LogP contribution is 2.18. The molecule has 0 aliphatic heterocycles. The first-order valence-corrected chi connectivity index (χ1v) is 7.26. The number of benzene rings is 2. The van der Waals surface area contributed by atoms with Crippen LogP contribution in [0.3, 0.4) is 0 Å². The molecule has 2 aromatic carbocycles. The Morgan fingerprint density at radius 1 is 1.09 bits per heavy atom. The first-order valence-electron chi connectivity index (χ1n) is 6.88. The second kappa shape index (κ2) is 7.71. The molecule has 0 heterocycles. The van der Waals surface area contributed by atoms with Gasteiger partial charge in [-0.05, 0) is 48.9 Å². The molecule has 0 aromatic heterocycles. The maximum absolute atomic E-state index is 10.6. The maximum Gasteiger partial charge on any atom is 0.307 e. The van der Waals surface area contributed by atoms with E-state index in [1.54, 1.807) is 48.5 Å². The predicted molar refractivity (Wildman–Crippen MR) is 84.8 cm³/mol. The van der Waals surface area contributed by atoms with E-state index in [-0.39, 0.29) is 12.5 Å². The highest BCUT2D eigenvalue weighted by Gasteiger charge is 2.06. The fourth-order valence-electron chi connectivity index (χ4n) is 1.87. The molecule has 0 spiro atoms. The second-order valence-electron chi connectivity index (χ2n) is 4.91. The molecule has 0 radical (unpaired) electrons. The quantitative estimate of drug-likeness (QED) is 0.842. The predicted octanol–water partition coefficient (Wildman–Crippen LogP) is 3.81. The summed E-state index contributed by atoms with van der Waals surface area (Å²) in [5, 5.41) is 9.38. The molecule has 0 bridgehead atoms. The Hall–Kier alpha value is -2.20. The van der Waals surface area contributed by atoms with Crippen molar-refractivity contribution in [3.05, 3.63) is 59.1 Å². The third kappa shape index (κ3) is 5.30. The van der Waals surface area contributed by atoms with Crippen LogP contribution in [0.1, 0.15) is 12.5 Å². The molecular formula is C17H17ClO4. The van der Waals surface area contributed by atoms with E-state index in [2.05, 4.69) is 0 Å². The van der Waals surface area contributed by atoms with E-state index >= 15 is 0 Å². The molecule has 116 valence electrons. The average molecular weight is 321 g/mol. The van der Waals surface area contributed by atoms with Gasteiger partial charge in [0.05, 0.1) is 6.42 Å². The van der Waals surface area contributed by atoms with Crippen molar-refractivity contribution < 1.29 is 19.4 Å². The number of hydrogen-bond donors (Lipinski definition) is 1. The van der Waals surface area contributed by atoms with Gasteiger partial charge in [-0.25, -0.2) is 0 Å². The van der Waals surface area contributed by atoms with Crippen LogP contribution in [-0.2, 0) is 11.2 Å². The van der Waals surface area contributed by atoms with E-state index in [9.17, 15) is 4.79 Å². The molecule has 22 heavy (non-hydrogen) atoms. The number of carboxylic acid groups (broad SMARTS) is 1. The summed E-state index contributed by atoms with van der Waals surface area (Å²) in [5.41, 5.74) is 0.741. The van der Waals surface area contributed by atoms with Crippen molar-refractivity contribution in [3.8, 4) is 11.5 Å². The van der Waals surface area contributed by atoms with Gasteiger partial charge in [0.15, 0.2) is 0 Å². The minimum Gasteiger partial charge on any atom is -0.490 e. The summed E-state index contributed by atoms with van der Waals surface area (Å²) in [6, 6.07) is 14.2. The highest BCUT2D eigenvalue weighted by molar-refractivity contribution is 6.30. The molecule has 0 fully saturated rings. The van der Waals surface area contributed by atoms with Crippen molar-refractivity contribution >= 4 is 17.6 Å². The fourth-order valence-corrected chi connectivity index (χ4v) is 2.00. The summed E-state index contributed by atoms with van der Waals surface area (Å²) < 4.78 is 11.3. The van der Waals surface area contributed by atoms with Gasteiger partial charge in [-0.1, -0.05) is 23.7 Å². The molecule has 4 nitrogen and oxygen atoms in total. The number of hydrogen-bond acceptors (Lipinski definition) is 3. The van der Waals surface area contributed by atoms with Gasteiger partial charge >= 0.3 is 5.97 Å². The van der Waals surface area contributed by atoms with Crippen LogP contribution in [0.5, 0.6) is 11.5 Å². The Morgan fingerprint density at radius 3 is 2.27 bits per heavy atom. The van der Waals surface area contributed by atoms with Crippen LogP contribution in [-0.4, -0.2) is 23.8 Å². The summed E-state index contributed by atoms with van der Waals surface area (Å²) in [6.45, 7) is 2.30. The fraction of sp³-hybridized carbons (Fsp3) is 0.235. The van der Waals surface area contributed by atoms with Gasteiger partial charge in [0, 0.05) is 5.02 Å². The number of ether oxygens (including phenoxy) is 2. The lowest BCUT2D eigenvalue weighted by atomic mass is 10.1. The average Bonchev–Trinajstić information content (AvgIpc) is 2.48. The first-order chi connectivity index (χ1) is 10.5. The number of rotatable bonds is 7. The lowest BCUT2D eigenvalue weighted by Crippen LogP contribution is -2.21. The molecule has 0 aliphatic rings. The summed E-state index contributed by atoms with van der Waals surface area (Å²) in [5.74, 6) is 0.566. The Balaban J connectivity index is 1.81. The van der Waals surface area contributed by atoms with E-state index in [1.165, 1.54) is 0 Å². The van der Waals surface area contributed by atoms with Crippen LogP contribution in [0.25, 0.3) is 0 Å². The molecule has 5 heteroatoms. The van der Waals surface area contributed by atoms with Crippen molar-refractivity contribution in [2.24, 2.45) is 0 Å². The molecule has 1 atom stereocenters. The van der Waals surface area contributed by atoms with Crippen molar-refractivity contribution in [3.63, 3.8) is 0 Å². The van der Waals surface area contributed by atoms with E-state index < -0.39 is 5.97 Å². The van der Waals surface area contributed by atoms with Crippen LogP contribution in [0.15, 0.2) is 48.5 Å². The SMILES string of the molecule is CC(COc1ccc(CC(=O)O)cc1)Oc1ccc(Cl)cc1. The molecule has 0 amide bonds. The smallest absolute Gasteiger partial charge is 0.307 e. The minimum absolute atomic E-state index is 0.0103. The lowest BCUT2D eigenvalue weighted by molar-refractivity contribution is -0.136. The van der Waals surface area contributed by atoms with Crippen LogP contribution >= 0.6 is 11.6 Å². The second-order valence-corrected chi connectivity index (χ2v) is 5.34. The van der Waals surface area contributed by atoms with Gasteiger partial charge in [0.1, 0.15) is 24.2 Å². The number of halogens is 1.